The van der Waals surface area contributed by atoms with Crippen LogP contribution in [0.2, 0.25) is 0 Å². The molecule has 0 bridgehead atoms. The molecule has 0 aromatic carbocycles. The van der Waals surface area contributed by atoms with Gasteiger partial charge in [-0.1, -0.05) is 0 Å². The van der Waals surface area contributed by atoms with Crippen LogP contribution in [0, 0.1) is 5.92 Å². The van der Waals surface area contributed by atoms with Crippen molar-refractivity contribution in [3.05, 3.63) is 0 Å². The first-order valence-electron chi connectivity index (χ1n) is 7.14. The number of carbonyl (C=O) groups excluding carboxylic acids is 2. The molecule has 0 aliphatic carbocycles. The summed E-state index contributed by atoms with van der Waals surface area (Å²) in [6.45, 7) is 1.04. The summed E-state index contributed by atoms with van der Waals surface area (Å²) in [6, 6.07) is 0. The summed E-state index contributed by atoms with van der Waals surface area (Å²) in [4.78, 5) is 28.3. The van der Waals surface area contributed by atoms with Gasteiger partial charge in [-0.25, -0.2) is 0 Å². The third-order valence-corrected chi connectivity index (χ3v) is 4.32. The maximum Gasteiger partial charge on any atom is 0.471 e. The normalized spacial score (nSPS) is 25.0. The van der Waals surface area contributed by atoms with Gasteiger partial charge in [0.2, 0.25) is 0 Å². The number of amides is 2. The van der Waals surface area contributed by atoms with Gasteiger partial charge < -0.3 is 15.0 Å². The average Bonchev–Trinajstić information content (AvgIpc) is 2.69. The lowest BCUT2D eigenvalue weighted by Gasteiger charge is -2.39. The molecule has 0 aromatic heterocycles. The van der Waals surface area contributed by atoms with E-state index in [0.29, 0.717) is 38.3 Å². The van der Waals surface area contributed by atoms with E-state index in [2.05, 4.69) is 10.3 Å². The van der Waals surface area contributed by atoms with Crippen molar-refractivity contribution in [2.75, 3.05) is 26.3 Å². The van der Waals surface area contributed by atoms with Crippen LogP contribution in [0.4, 0.5) is 13.2 Å². The van der Waals surface area contributed by atoms with E-state index in [4.69, 9.17) is 4.74 Å². The molecular weight excluding hydrogens is 303 g/mol. The Balaban J connectivity index is 1.55. The molecule has 2 fully saturated rings. The molecule has 3 aliphatic heterocycles. The zero-order valence-corrected chi connectivity index (χ0v) is 11.8. The lowest BCUT2D eigenvalue weighted by atomic mass is 9.91. The Hall–Kier alpha value is -1.64. The van der Waals surface area contributed by atoms with Crippen LogP contribution in [0.25, 0.3) is 0 Å². The number of carbonyl (C=O) groups is 2. The SMILES string of the molecule is O=C(N1CC(CC2=NC3(CCOCC3)C(=O)N2)C1)C(F)(F)F. The molecule has 6 nitrogen and oxygen atoms in total. The Morgan fingerprint density at radius 2 is 2.00 bits per heavy atom. The summed E-state index contributed by atoms with van der Waals surface area (Å²) < 4.78 is 42.0. The largest absolute Gasteiger partial charge is 0.471 e. The molecule has 22 heavy (non-hydrogen) atoms. The van der Waals surface area contributed by atoms with Crippen LogP contribution in [0.5, 0.6) is 0 Å². The molecule has 3 rings (SSSR count). The molecule has 9 heteroatoms. The van der Waals surface area contributed by atoms with Gasteiger partial charge in [-0.2, -0.15) is 13.2 Å². The van der Waals surface area contributed by atoms with Gasteiger partial charge >= 0.3 is 12.1 Å². The molecule has 3 heterocycles. The first-order valence-corrected chi connectivity index (χ1v) is 7.14. The number of amidine groups is 1. The molecule has 2 saturated heterocycles. The van der Waals surface area contributed by atoms with Gasteiger partial charge in [0, 0.05) is 51.5 Å². The van der Waals surface area contributed by atoms with Crippen molar-refractivity contribution in [2.45, 2.75) is 31.0 Å². The summed E-state index contributed by atoms with van der Waals surface area (Å²) in [6.07, 6.45) is -3.40. The number of ether oxygens (including phenoxy) is 1. The predicted molar refractivity (Wildman–Crippen MR) is 69.1 cm³/mol. The van der Waals surface area contributed by atoms with Crippen molar-refractivity contribution in [1.82, 2.24) is 10.2 Å². The molecule has 2 amide bonds. The summed E-state index contributed by atoms with van der Waals surface area (Å²) in [5.74, 6) is -1.55. The number of alkyl halides is 3. The van der Waals surface area contributed by atoms with Crippen LogP contribution in [-0.4, -0.2) is 60.6 Å². The maximum absolute atomic E-state index is 12.3. The minimum atomic E-state index is -4.82. The van der Waals surface area contributed by atoms with Crippen LogP contribution < -0.4 is 5.32 Å². The maximum atomic E-state index is 12.3. The van der Waals surface area contributed by atoms with Crippen LogP contribution in [-0.2, 0) is 14.3 Å². The number of nitrogens with one attached hydrogen (secondary N) is 1. The van der Waals surface area contributed by atoms with Crippen molar-refractivity contribution in [3.63, 3.8) is 0 Å². The molecule has 1 spiro atoms. The lowest BCUT2D eigenvalue weighted by molar-refractivity contribution is -0.191. The van der Waals surface area contributed by atoms with Gasteiger partial charge in [0.05, 0.1) is 0 Å². The van der Waals surface area contributed by atoms with E-state index in [1.165, 1.54) is 0 Å². The van der Waals surface area contributed by atoms with E-state index >= 15 is 0 Å². The second-order valence-corrected chi connectivity index (χ2v) is 5.93. The minimum Gasteiger partial charge on any atom is -0.381 e. The van der Waals surface area contributed by atoms with Gasteiger partial charge in [-0.3, -0.25) is 14.6 Å². The van der Waals surface area contributed by atoms with E-state index in [1.807, 2.05) is 0 Å². The summed E-state index contributed by atoms with van der Waals surface area (Å²) in [7, 11) is 0. The van der Waals surface area contributed by atoms with E-state index in [-0.39, 0.29) is 24.9 Å². The highest BCUT2D eigenvalue weighted by atomic mass is 19.4. The predicted octanol–water partition coefficient (Wildman–Crippen LogP) is 0.475. The first kappa shape index (κ1) is 15.3. The van der Waals surface area contributed by atoms with Crippen LogP contribution in [0.15, 0.2) is 4.99 Å². The molecule has 0 unspecified atom stereocenters. The average molecular weight is 319 g/mol. The molecule has 122 valence electrons. The van der Waals surface area contributed by atoms with E-state index in [9.17, 15) is 22.8 Å². The number of likely N-dealkylation sites (tertiary alicyclic amines) is 1. The Labute approximate surface area is 124 Å². The molecule has 1 N–H and O–H groups in total. The molecule has 0 saturated carbocycles. The van der Waals surface area contributed by atoms with Crippen LogP contribution >= 0.6 is 0 Å². The van der Waals surface area contributed by atoms with Crippen molar-refractivity contribution in [1.29, 1.82) is 0 Å². The van der Waals surface area contributed by atoms with Gasteiger partial charge in [0.1, 0.15) is 11.4 Å². The third kappa shape index (κ3) is 2.69. The highest BCUT2D eigenvalue weighted by Crippen LogP contribution is 2.31. The third-order valence-electron chi connectivity index (χ3n) is 4.32. The van der Waals surface area contributed by atoms with Crippen molar-refractivity contribution in [3.8, 4) is 0 Å². The molecule has 3 aliphatic rings. The quantitative estimate of drug-likeness (QED) is 0.804. The number of rotatable bonds is 2. The van der Waals surface area contributed by atoms with E-state index in [0.717, 1.165) is 4.90 Å². The zero-order valence-electron chi connectivity index (χ0n) is 11.8. The van der Waals surface area contributed by atoms with E-state index in [1.54, 1.807) is 0 Å². The monoisotopic (exact) mass is 319 g/mol. The van der Waals surface area contributed by atoms with Crippen molar-refractivity contribution in [2.24, 2.45) is 10.9 Å². The van der Waals surface area contributed by atoms with Gasteiger partial charge in [-0.05, 0) is 0 Å². The van der Waals surface area contributed by atoms with Crippen molar-refractivity contribution < 1.29 is 27.5 Å². The van der Waals surface area contributed by atoms with Gasteiger partial charge in [0.15, 0.2) is 0 Å². The summed E-state index contributed by atoms with van der Waals surface area (Å²) in [5.41, 5.74) is -0.765. The van der Waals surface area contributed by atoms with Gasteiger partial charge in [0.25, 0.3) is 5.91 Å². The Bertz CT molecular complexity index is 520. The number of hydrogen-bond donors (Lipinski definition) is 1. The molecule has 0 radical (unpaired) electrons. The molecular formula is C13H16F3N3O3. The minimum absolute atomic E-state index is 0.0450. The summed E-state index contributed by atoms with van der Waals surface area (Å²) in [5, 5.41) is 2.72. The first-order chi connectivity index (χ1) is 10.3. The fraction of sp³-hybridized carbons (Fsp3) is 0.769. The topological polar surface area (TPSA) is 71.0 Å². The Morgan fingerprint density at radius 1 is 1.36 bits per heavy atom. The van der Waals surface area contributed by atoms with E-state index < -0.39 is 17.6 Å². The standard InChI is InChI=1S/C13H16F3N3O3/c14-13(15,16)11(21)19-6-8(7-19)5-9-17-10(20)12(18-9)1-3-22-4-2-12/h8H,1-7H2,(H,17,18,20). The fourth-order valence-electron chi connectivity index (χ4n) is 3.05. The zero-order chi connectivity index (χ0) is 16.0. The number of halogens is 3. The fourth-order valence-corrected chi connectivity index (χ4v) is 3.05. The second-order valence-electron chi connectivity index (χ2n) is 5.93. The number of aliphatic imine (C=N–C) groups is 1. The second kappa shape index (κ2) is 5.22. The van der Waals surface area contributed by atoms with Crippen LogP contribution in [0.3, 0.4) is 0 Å². The lowest BCUT2D eigenvalue weighted by Crippen LogP contribution is -2.55. The highest BCUT2D eigenvalue weighted by molar-refractivity contribution is 6.08. The smallest absolute Gasteiger partial charge is 0.381 e. The van der Waals surface area contributed by atoms with Gasteiger partial charge in [-0.15, -0.1) is 0 Å². The summed E-state index contributed by atoms with van der Waals surface area (Å²) >= 11 is 0. The number of hydrogen-bond acceptors (Lipinski definition) is 4. The number of nitrogens with zero attached hydrogens (tertiary/aromatic N) is 2. The van der Waals surface area contributed by atoms with Crippen molar-refractivity contribution >= 4 is 17.6 Å². The molecule has 0 atom stereocenters. The van der Waals surface area contributed by atoms with Crippen LogP contribution in [0.1, 0.15) is 19.3 Å². The molecule has 0 aromatic rings. The Morgan fingerprint density at radius 3 is 2.59 bits per heavy atom. The highest BCUT2D eigenvalue weighted by Gasteiger charge is 2.48. The Kier molecular flexibility index (Phi) is 3.62.